The molecule has 2 aliphatic rings. The van der Waals surface area contributed by atoms with Crippen molar-refractivity contribution in [1.29, 1.82) is 0 Å². The molecule has 2 aromatic rings. The third kappa shape index (κ3) is 1.75. The number of fused-ring (bicyclic) bond motifs is 1. The molecule has 5 nitrogen and oxygen atoms in total. The van der Waals surface area contributed by atoms with Crippen LogP contribution in [0.2, 0.25) is 0 Å². The van der Waals surface area contributed by atoms with E-state index in [1.54, 1.807) is 30.3 Å². The molecule has 0 bridgehead atoms. The number of amides is 2. The Morgan fingerprint density at radius 1 is 0.864 bits per heavy atom. The van der Waals surface area contributed by atoms with E-state index in [1.165, 1.54) is 4.90 Å². The highest BCUT2D eigenvalue weighted by atomic mass is 16.2. The number of hydrogen-bond donors (Lipinski definition) is 1. The maximum Gasteiger partial charge on any atom is 0.266 e. The van der Waals surface area contributed by atoms with Crippen LogP contribution in [0.5, 0.6) is 0 Å². The smallest absolute Gasteiger partial charge is 0.266 e. The number of carbonyl (C=O) groups is 2. The molecule has 0 saturated carbocycles. The Labute approximate surface area is 127 Å². The van der Waals surface area contributed by atoms with E-state index in [0.29, 0.717) is 23.4 Å². The van der Waals surface area contributed by atoms with Gasteiger partial charge >= 0.3 is 0 Å². The number of para-hydroxylation sites is 1. The summed E-state index contributed by atoms with van der Waals surface area (Å²) in [6.07, 6.45) is 0. The summed E-state index contributed by atoms with van der Waals surface area (Å²) >= 11 is 0. The van der Waals surface area contributed by atoms with Crippen LogP contribution in [0.3, 0.4) is 0 Å². The molecule has 0 fully saturated rings. The molecule has 0 aliphatic carbocycles. The first kappa shape index (κ1) is 12.8. The first-order chi connectivity index (χ1) is 10.8. The van der Waals surface area contributed by atoms with Gasteiger partial charge in [0.05, 0.1) is 23.4 Å². The summed E-state index contributed by atoms with van der Waals surface area (Å²) in [4.78, 5) is 30.9. The van der Waals surface area contributed by atoms with E-state index in [2.05, 4.69) is 10.3 Å². The van der Waals surface area contributed by atoms with Gasteiger partial charge in [-0.25, -0.2) is 4.90 Å². The molecular weight excluding hydrogens is 278 g/mol. The zero-order valence-electron chi connectivity index (χ0n) is 11.7. The van der Waals surface area contributed by atoms with E-state index < -0.39 is 0 Å². The van der Waals surface area contributed by atoms with Crippen molar-refractivity contribution in [3.63, 3.8) is 0 Å². The predicted molar refractivity (Wildman–Crippen MR) is 83.4 cm³/mol. The van der Waals surface area contributed by atoms with Crippen molar-refractivity contribution >= 4 is 23.3 Å². The number of hydrogen-bond acceptors (Lipinski definition) is 4. The highest BCUT2D eigenvalue weighted by Gasteiger charge is 2.37. The third-order valence-corrected chi connectivity index (χ3v) is 3.87. The Morgan fingerprint density at radius 3 is 2.05 bits per heavy atom. The minimum atomic E-state index is -0.286. The molecule has 2 amide bonds. The van der Waals surface area contributed by atoms with Crippen LogP contribution in [0, 0.1) is 0 Å². The van der Waals surface area contributed by atoms with E-state index in [4.69, 9.17) is 0 Å². The van der Waals surface area contributed by atoms with Crippen LogP contribution in [-0.4, -0.2) is 30.7 Å². The molecule has 0 atom stereocenters. The molecule has 0 unspecified atom stereocenters. The van der Waals surface area contributed by atoms with Crippen LogP contribution >= 0.6 is 0 Å². The molecule has 0 aromatic heterocycles. The van der Waals surface area contributed by atoms with E-state index in [-0.39, 0.29) is 11.8 Å². The van der Waals surface area contributed by atoms with Gasteiger partial charge in [0.25, 0.3) is 11.8 Å². The minimum absolute atomic E-state index is 0.286. The van der Waals surface area contributed by atoms with E-state index in [1.807, 2.05) is 18.2 Å². The maximum atomic E-state index is 12.6. The normalized spacial score (nSPS) is 16.5. The molecule has 2 aliphatic heterocycles. The van der Waals surface area contributed by atoms with Crippen molar-refractivity contribution in [2.45, 2.75) is 0 Å². The fraction of sp³-hybridized carbons (Fsp3) is 0.118. The molecule has 5 heteroatoms. The summed E-state index contributed by atoms with van der Waals surface area (Å²) < 4.78 is 0. The van der Waals surface area contributed by atoms with Crippen LogP contribution in [0.4, 0.5) is 5.69 Å². The second-order valence-corrected chi connectivity index (χ2v) is 5.17. The lowest BCUT2D eigenvalue weighted by Gasteiger charge is -2.18. The molecule has 2 aromatic carbocycles. The highest BCUT2D eigenvalue weighted by molar-refractivity contribution is 6.35. The summed E-state index contributed by atoms with van der Waals surface area (Å²) in [5.41, 5.74) is 2.24. The number of amidine groups is 1. The molecule has 2 heterocycles. The number of nitrogens with one attached hydrogen (secondary N) is 1. The van der Waals surface area contributed by atoms with E-state index in [0.717, 1.165) is 17.9 Å². The van der Waals surface area contributed by atoms with Gasteiger partial charge in [0.2, 0.25) is 0 Å². The number of anilines is 1. The summed E-state index contributed by atoms with van der Waals surface area (Å²) in [7, 11) is 0. The van der Waals surface area contributed by atoms with Crippen molar-refractivity contribution in [1.82, 2.24) is 5.32 Å². The molecule has 0 radical (unpaired) electrons. The van der Waals surface area contributed by atoms with Crippen LogP contribution in [0.15, 0.2) is 53.5 Å². The Kier molecular flexibility index (Phi) is 2.79. The van der Waals surface area contributed by atoms with E-state index >= 15 is 0 Å². The monoisotopic (exact) mass is 291 g/mol. The lowest BCUT2D eigenvalue weighted by atomic mass is 10.1. The van der Waals surface area contributed by atoms with Gasteiger partial charge in [0.1, 0.15) is 5.84 Å². The van der Waals surface area contributed by atoms with Gasteiger partial charge in [-0.2, -0.15) is 0 Å². The Balaban J connectivity index is 1.85. The first-order valence-electron chi connectivity index (χ1n) is 7.13. The molecule has 0 saturated heterocycles. The number of imide groups is 1. The Hall–Kier alpha value is -2.95. The number of nitrogens with zero attached hydrogens (tertiary/aromatic N) is 2. The summed E-state index contributed by atoms with van der Waals surface area (Å²) in [6.45, 7) is 1.47. The molecule has 22 heavy (non-hydrogen) atoms. The van der Waals surface area contributed by atoms with Crippen LogP contribution in [0.25, 0.3) is 0 Å². The fourth-order valence-corrected chi connectivity index (χ4v) is 2.86. The molecule has 4 rings (SSSR count). The van der Waals surface area contributed by atoms with Crippen molar-refractivity contribution in [2.24, 2.45) is 4.99 Å². The van der Waals surface area contributed by atoms with Gasteiger partial charge in [0.15, 0.2) is 0 Å². The lowest BCUT2D eigenvalue weighted by Crippen LogP contribution is -2.32. The Morgan fingerprint density at radius 2 is 1.45 bits per heavy atom. The topological polar surface area (TPSA) is 61.8 Å². The van der Waals surface area contributed by atoms with E-state index in [9.17, 15) is 9.59 Å². The largest absolute Gasteiger partial charge is 0.368 e. The summed E-state index contributed by atoms with van der Waals surface area (Å²) in [6, 6.07) is 14.2. The first-order valence-corrected chi connectivity index (χ1v) is 7.13. The number of carbonyl (C=O) groups excluding carboxylic acids is 2. The quantitative estimate of drug-likeness (QED) is 0.859. The van der Waals surface area contributed by atoms with Crippen molar-refractivity contribution < 1.29 is 9.59 Å². The van der Waals surface area contributed by atoms with Gasteiger partial charge in [-0.15, -0.1) is 0 Å². The van der Waals surface area contributed by atoms with Crippen LogP contribution in [-0.2, 0) is 0 Å². The van der Waals surface area contributed by atoms with Gasteiger partial charge in [-0.1, -0.05) is 24.3 Å². The van der Waals surface area contributed by atoms with Gasteiger partial charge in [-0.05, 0) is 24.3 Å². The SMILES string of the molecule is O=C1c2ccccc2C(=O)N1c1ccccc1C1=NCCN1. The molecule has 0 spiro atoms. The van der Waals surface area contributed by atoms with Crippen molar-refractivity contribution in [3.05, 3.63) is 65.2 Å². The second-order valence-electron chi connectivity index (χ2n) is 5.17. The average Bonchev–Trinajstić information content (AvgIpc) is 3.16. The summed E-state index contributed by atoms with van der Waals surface area (Å²) in [5, 5.41) is 3.19. The zero-order valence-corrected chi connectivity index (χ0v) is 11.7. The predicted octanol–water partition coefficient (Wildman–Crippen LogP) is 1.84. The number of benzene rings is 2. The summed E-state index contributed by atoms with van der Waals surface area (Å²) in [5.74, 6) is 0.158. The average molecular weight is 291 g/mol. The molecule has 108 valence electrons. The standard InChI is InChI=1S/C17H13N3O2/c21-16-11-5-1-2-6-12(11)17(22)20(16)14-8-4-3-7-13(14)15-18-9-10-19-15/h1-8H,9-10H2,(H,18,19). The highest BCUT2D eigenvalue weighted by Crippen LogP contribution is 2.30. The minimum Gasteiger partial charge on any atom is -0.368 e. The van der Waals surface area contributed by atoms with Crippen molar-refractivity contribution in [2.75, 3.05) is 18.0 Å². The van der Waals surface area contributed by atoms with Gasteiger partial charge < -0.3 is 5.32 Å². The third-order valence-electron chi connectivity index (χ3n) is 3.87. The van der Waals surface area contributed by atoms with Crippen LogP contribution in [0.1, 0.15) is 26.3 Å². The molecular formula is C17H13N3O2. The molecule has 1 N–H and O–H groups in total. The number of rotatable bonds is 2. The van der Waals surface area contributed by atoms with Gasteiger partial charge in [-0.3, -0.25) is 14.6 Å². The number of aliphatic imine (C=N–C) groups is 1. The zero-order chi connectivity index (χ0) is 15.1. The lowest BCUT2D eigenvalue weighted by molar-refractivity contribution is 0.0926. The Bertz CT molecular complexity index is 791. The fourth-order valence-electron chi connectivity index (χ4n) is 2.86. The van der Waals surface area contributed by atoms with Gasteiger partial charge in [0, 0.05) is 12.1 Å². The van der Waals surface area contributed by atoms with Crippen molar-refractivity contribution in [3.8, 4) is 0 Å². The van der Waals surface area contributed by atoms with Crippen LogP contribution < -0.4 is 10.2 Å². The maximum absolute atomic E-state index is 12.6. The second kappa shape index (κ2) is 4.80.